The molecule has 0 spiro atoms. The van der Waals surface area contributed by atoms with Gasteiger partial charge in [-0.25, -0.2) is 0 Å². The molecule has 4 nitrogen and oxygen atoms in total. The predicted molar refractivity (Wildman–Crippen MR) is 116 cm³/mol. The van der Waals surface area contributed by atoms with E-state index in [9.17, 15) is 4.79 Å². The van der Waals surface area contributed by atoms with Crippen LogP contribution < -0.4 is 10.2 Å². The van der Waals surface area contributed by atoms with E-state index < -0.39 is 5.41 Å². The van der Waals surface area contributed by atoms with Crippen molar-refractivity contribution in [1.29, 1.82) is 0 Å². The first-order valence-electron chi connectivity index (χ1n) is 9.98. The van der Waals surface area contributed by atoms with Crippen molar-refractivity contribution in [3.05, 3.63) is 59.1 Å². The number of nitrogens with one attached hydrogen (secondary N) is 1. The van der Waals surface area contributed by atoms with Gasteiger partial charge in [-0.05, 0) is 75.6 Å². The summed E-state index contributed by atoms with van der Waals surface area (Å²) >= 11 is 6.05. The maximum absolute atomic E-state index is 13.3. The van der Waals surface area contributed by atoms with Crippen molar-refractivity contribution in [2.24, 2.45) is 0 Å². The highest BCUT2D eigenvalue weighted by molar-refractivity contribution is 6.30. The summed E-state index contributed by atoms with van der Waals surface area (Å²) < 4.78 is 5.54. The molecule has 0 aromatic heterocycles. The highest BCUT2D eigenvalue weighted by Gasteiger charge is 2.41. The Kier molecular flexibility index (Phi) is 6.63. The van der Waals surface area contributed by atoms with Crippen LogP contribution in [-0.2, 0) is 14.9 Å². The molecule has 1 aliphatic heterocycles. The lowest BCUT2D eigenvalue weighted by Gasteiger charge is -2.36. The molecule has 1 amide bonds. The number of amides is 1. The SMILES string of the molecule is CCN(c1ccc(NC(=O)C2(c3ccc(Cl)cc3)CCOCC2)cc1)C(C)C. The molecule has 0 saturated carbocycles. The number of halogens is 1. The second-order valence-electron chi connectivity index (χ2n) is 7.58. The molecular weight excluding hydrogens is 372 g/mol. The predicted octanol–water partition coefficient (Wildman–Crippen LogP) is 5.26. The molecule has 0 atom stereocenters. The second-order valence-corrected chi connectivity index (χ2v) is 8.02. The summed E-state index contributed by atoms with van der Waals surface area (Å²) in [5.41, 5.74) is 2.38. The van der Waals surface area contributed by atoms with Crippen LogP contribution in [0, 0.1) is 0 Å². The number of rotatable bonds is 6. The summed E-state index contributed by atoms with van der Waals surface area (Å²) in [6.07, 6.45) is 1.32. The van der Waals surface area contributed by atoms with Gasteiger partial charge in [0.05, 0.1) is 5.41 Å². The fourth-order valence-corrected chi connectivity index (χ4v) is 4.09. The number of carbonyl (C=O) groups is 1. The van der Waals surface area contributed by atoms with Gasteiger partial charge in [0.2, 0.25) is 5.91 Å². The Balaban J connectivity index is 1.81. The van der Waals surface area contributed by atoms with E-state index in [4.69, 9.17) is 16.3 Å². The zero-order valence-corrected chi connectivity index (χ0v) is 17.6. The molecule has 2 aromatic carbocycles. The van der Waals surface area contributed by atoms with E-state index in [1.165, 1.54) is 0 Å². The molecule has 0 radical (unpaired) electrons. The molecule has 3 rings (SSSR count). The van der Waals surface area contributed by atoms with Gasteiger partial charge in [-0.2, -0.15) is 0 Å². The van der Waals surface area contributed by atoms with E-state index in [0.717, 1.165) is 23.5 Å². The first kappa shape index (κ1) is 20.7. The summed E-state index contributed by atoms with van der Waals surface area (Å²) in [5.74, 6) is 0.0158. The lowest BCUT2D eigenvalue weighted by Crippen LogP contribution is -2.44. The average Bonchev–Trinajstić information content (AvgIpc) is 2.70. The number of ether oxygens (including phenoxy) is 1. The third-order valence-electron chi connectivity index (χ3n) is 5.60. The Morgan fingerprint density at radius 3 is 2.25 bits per heavy atom. The highest BCUT2D eigenvalue weighted by Crippen LogP contribution is 2.37. The molecule has 1 fully saturated rings. The molecule has 28 heavy (non-hydrogen) atoms. The maximum Gasteiger partial charge on any atom is 0.235 e. The summed E-state index contributed by atoms with van der Waals surface area (Å²) in [6, 6.07) is 16.1. The Morgan fingerprint density at radius 2 is 1.71 bits per heavy atom. The van der Waals surface area contributed by atoms with E-state index in [0.29, 0.717) is 37.1 Å². The molecule has 1 saturated heterocycles. The van der Waals surface area contributed by atoms with E-state index in [1.807, 2.05) is 36.4 Å². The molecule has 1 N–H and O–H groups in total. The Labute approximate surface area is 172 Å². The fourth-order valence-electron chi connectivity index (χ4n) is 3.97. The van der Waals surface area contributed by atoms with Gasteiger partial charge in [0.25, 0.3) is 0 Å². The first-order chi connectivity index (χ1) is 13.5. The molecule has 5 heteroatoms. The average molecular weight is 401 g/mol. The van der Waals surface area contributed by atoms with Crippen LogP contribution in [0.25, 0.3) is 0 Å². The van der Waals surface area contributed by atoms with Crippen molar-refractivity contribution in [1.82, 2.24) is 0 Å². The van der Waals surface area contributed by atoms with E-state index in [1.54, 1.807) is 0 Å². The van der Waals surface area contributed by atoms with Gasteiger partial charge in [-0.3, -0.25) is 4.79 Å². The van der Waals surface area contributed by atoms with Gasteiger partial charge >= 0.3 is 0 Å². The van der Waals surface area contributed by atoms with Gasteiger partial charge in [-0.1, -0.05) is 23.7 Å². The number of nitrogens with zero attached hydrogens (tertiary/aromatic N) is 1. The minimum absolute atomic E-state index is 0.0158. The lowest BCUT2D eigenvalue weighted by molar-refractivity contribution is -0.125. The molecule has 1 aliphatic rings. The van der Waals surface area contributed by atoms with Gasteiger partial charge in [0, 0.05) is 42.2 Å². The maximum atomic E-state index is 13.3. The van der Waals surface area contributed by atoms with Crippen LogP contribution in [0.15, 0.2) is 48.5 Å². The Morgan fingerprint density at radius 1 is 1.11 bits per heavy atom. The van der Waals surface area contributed by atoms with Gasteiger partial charge < -0.3 is 15.0 Å². The number of anilines is 2. The second kappa shape index (κ2) is 8.97. The van der Waals surface area contributed by atoms with Crippen LogP contribution in [-0.4, -0.2) is 31.7 Å². The summed E-state index contributed by atoms with van der Waals surface area (Å²) in [5, 5.41) is 3.81. The van der Waals surface area contributed by atoms with Crippen molar-refractivity contribution in [2.75, 3.05) is 30.0 Å². The number of benzene rings is 2. The van der Waals surface area contributed by atoms with Crippen LogP contribution in [0.1, 0.15) is 39.2 Å². The van der Waals surface area contributed by atoms with E-state index >= 15 is 0 Å². The topological polar surface area (TPSA) is 41.6 Å². The van der Waals surface area contributed by atoms with Gasteiger partial charge in [-0.15, -0.1) is 0 Å². The quantitative estimate of drug-likeness (QED) is 0.718. The zero-order chi connectivity index (χ0) is 20.1. The highest BCUT2D eigenvalue weighted by atomic mass is 35.5. The molecule has 1 heterocycles. The number of carbonyl (C=O) groups excluding carboxylic acids is 1. The van der Waals surface area contributed by atoms with Crippen molar-refractivity contribution in [3.63, 3.8) is 0 Å². The summed E-state index contributed by atoms with van der Waals surface area (Å²) in [4.78, 5) is 15.7. The van der Waals surface area contributed by atoms with Crippen LogP contribution in [0.4, 0.5) is 11.4 Å². The van der Waals surface area contributed by atoms with Crippen LogP contribution >= 0.6 is 11.6 Å². The van der Waals surface area contributed by atoms with Gasteiger partial charge in [0.1, 0.15) is 0 Å². The fraction of sp³-hybridized carbons (Fsp3) is 0.435. The zero-order valence-electron chi connectivity index (χ0n) is 16.9. The Bertz CT molecular complexity index is 781. The monoisotopic (exact) mass is 400 g/mol. The molecule has 0 bridgehead atoms. The normalized spacial score (nSPS) is 16.0. The van der Waals surface area contributed by atoms with Crippen LogP contribution in [0.2, 0.25) is 5.02 Å². The molecule has 0 aliphatic carbocycles. The standard InChI is InChI=1S/C23H29ClN2O2/c1-4-26(17(2)3)21-11-9-20(10-12-21)25-22(27)23(13-15-28-16-14-23)18-5-7-19(24)8-6-18/h5-12,17H,4,13-16H2,1-3H3,(H,25,27). The smallest absolute Gasteiger partial charge is 0.235 e. The molecule has 0 unspecified atom stereocenters. The third kappa shape index (κ3) is 4.34. The first-order valence-corrected chi connectivity index (χ1v) is 10.4. The van der Waals surface area contributed by atoms with Crippen LogP contribution in [0.3, 0.4) is 0 Å². The van der Waals surface area contributed by atoms with Crippen LogP contribution in [0.5, 0.6) is 0 Å². The molecular formula is C23H29ClN2O2. The Hall–Kier alpha value is -2.04. The largest absolute Gasteiger partial charge is 0.381 e. The van der Waals surface area contributed by atoms with Crippen molar-refractivity contribution in [2.45, 2.75) is 45.1 Å². The number of hydrogen-bond acceptors (Lipinski definition) is 3. The van der Waals surface area contributed by atoms with Gasteiger partial charge in [0.15, 0.2) is 0 Å². The number of hydrogen-bond donors (Lipinski definition) is 1. The summed E-state index contributed by atoms with van der Waals surface area (Å²) in [7, 11) is 0. The summed E-state index contributed by atoms with van der Waals surface area (Å²) in [6.45, 7) is 8.61. The van der Waals surface area contributed by atoms with E-state index in [-0.39, 0.29) is 5.91 Å². The van der Waals surface area contributed by atoms with Crippen molar-refractivity contribution >= 4 is 28.9 Å². The van der Waals surface area contributed by atoms with Crippen molar-refractivity contribution < 1.29 is 9.53 Å². The van der Waals surface area contributed by atoms with Crippen molar-refractivity contribution in [3.8, 4) is 0 Å². The lowest BCUT2D eigenvalue weighted by atomic mass is 9.73. The minimum atomic E-state index is -0.588. The van der Waals surface area contributed by atoms with E-state index in [2.05, 4.69) is 43.1 Å². The third-order valence-corrected chi connectivity index (χ3v) is 5.85. The molecule has 2 aromatic rings. The minimum Gasteiger partial charge on any atom is -0.381 e. The molecule has 150 valence electrons.